The highest BCUT2D eigenvalue weighted by atomic mass is 127. The lowest BCUT2D eigenvalue weighted by Crippen LogP contribution is -2.32. The summed E-state index contributed by atoms with van der Waals surface area (Å²) in [5.41, 5.74) is 0.765. The number of ether oxygens (including phenoxy) is 2. The third-order valence-corrected chi connectivity index (χ3v) is 3.92. The van der Waals surface area contributed by atoms with Crippen molar-refractivity contribution in [1.82, 2.24) is 5.32 Å². The molecule has 0 heterocycles. The average molecular weight is 414 g/mol. The van der Waals surface area contributed by atoms with Gasteiger partial charge in [-0.25, -0.2) is 0 Å². The molecule has 0 unspecified atom stereocenters. The molecule has 1 amide bonds. The molecule has 6 heteroatoms. The molecule has 1 rings (SSSR count). The standard InChI is InChI=1S/C16H19IN2O3/c1-5-10(2)19-16(20)12(9-18)6-11-7-13(17)15(22-4)14(8-11)21-3/h6-8,10H,5H2,1-4H3,(H,19,20)/b12-6+/t10-/m0/s1. The first-order chi connectivity index (χ1) is 10.5. The fourth-order valence-corrected chi connectivity index (χ4v) is 2.59. The fourth-order valence-electron chi connectivity index (χ4n) is 1.74. The van der Waals surface area contributed by atoms with Gasteiger partial charge in [0.25, 0.3) is 5.91 Å². The highest BCUT2D eigenvalue weighted by Gasteiger charge is 2.14. The van der Waals surface area contributed by atoms with Crippen molar-refractivity contribution in [3.8, 4) is 17.6 Å². The Labute approximate surface area is 144 Å². The fraction of sp³-hybridized carbons (Fsp3) is 0.375. The zero-order chi connectivity index (χ0) is 16.7. The second kappa shape index (κ2) is 8.63. The van der Waals surface area contributed by atoms with Crippen LogP contribution in [0.3, 0.4) is 0 Å². The molecule has 0 fully saturated rings. The Morgan fingerprint density at radius 1 is 1.45 bits per heavy atom. The Balaban J connectivity index is 3.16. The number of methoxy groups -OCH3 is 2. The van der Waals surface area contributed by atoms with Crippen molar-refractivity contribution in [3.05, 3.63) is 26.8 Å². The monoisotopic (exact) mass is 414 g/mol. The molecule has 0 aliphatic rings. The van der Waals surface area contributed by atoms with Crippen molar-refractivity contribution in [3.63, 3.8) is 0 Å². The number of nitriles is 1. The Hall–Kier alpha value is -1.75. The Bertz CT molecular complexity index is 621. The number of hydrogen-bond acceptors (Lipinski definition) is 4. The maximum atomic E-state index is 12.1. The average Bonchev–Trinajstić information content (AvgIpc) is 2.51. The van der Waals surface area contributed by atoms with Crippen LogP contribution in [-0.4, -0.2) is 26.2 Å². The van der Waals surface area contributed by atoms with Crippen LogP contribution in [0.4, 0.5) is 0 Å². The van der Waals surface area contributed by atoms with Crippen LogP contribution >= 0.6 is 22.6 Å². The van der Waals surface area contributed by atoms with Gasteiger partial charge in [-0.2, -0.15) is 5.26 Å². The van der Waals surface area contributed by atoms with E-state index in [-0.39, 0.29) is 17.5 Å². The number of nitrogens with one attached hydrogen (secondary N) is 1. The minimum absolute atomic E-state index is 0.0230. The van der Waals surface area contributed by atoms with E-state index in [0.717, 1.165) is 9.99 Å². The van der Waals surface area contributed by atoms with Gasteiger partial charge in [-0.05, 0) is 59.7 Å². The first-order valence-corrected chi connectivity index (χ1v) is 7.88. The van der Waals surface area contributed by atoms with E-state index in [4.69, 9.17) is 9.47 Å². The Morgan fingerprint density at radius 2 is 2.14 bits per heavy atom. The van der Waals surface area contributed by atoms with Crippen LogP contribution in [0.2, 0.25) is 0 Å². The summed E-state index contributed by atoms with van der Waals surface area (Å²) in [7, 11) is 3.11. The molecule has 1 atom stereocenters. The maximum Gasteiger partial charge on any atom is 0.262 e. The summed E-state index contributed by atoms with van der Waals surface area (Å²) < 4.78 is 11.4. The van der Waals surface area contributed by atoms with E-state index in [0.29, 0.717) is 17.1 Å². The van der Waals surface area contributed by atoms with E-state index >= 15 is 0 Å². The first-order valence-electron chi connectivity index (χ1n) is 6.80. The van der Waals surface area contributed by atoms with Crippen molar-refractivity contribution in [1.29, 1.82) is 5.26 Å². The van der Waals surface area contributed by atoms with Gasteiger partial charge in [0.2, 0.25) is 0 Å². The number of carbonyl (C=O) groups excluding carboxylic acids is 1. The number of hydrogen-bond donors (Lipinski definition) is 1. The lowest BCUT2D eigenvalue weighted by molar-refractivity contribution is -0.117. The lowest BCUT2D eigenvalue weighted by atomic mass is 10.1. The van der Waals surface area contributed by atoms with Gasteiger partial charge in [0.15, 0.2) is 11.5 Å². The lowest BCUT2D eigenvalue weighted by Gasteiger charge is -2.12. The third-order valence-electron chi connectivity index (χ3n) is 3.12. The molecule has 0 aromatic heterocycles. The van der Waals surface area contributed by atoms with Crippen molar-refractivity contribution >= 4 is 34.6 Å². The molecule has 1 N–H and O–H groups in total. The number of rotatable bonds is 6. The first kappa shape index (κ1) is 18.3. The highest BCUT2D eigenvalue weighted by molar-refractivity contribution is 14.1. The quantitative estimate of drug-likeness (QED) is 0.441. The van der Waals surface area contributed by atoms with E-state index in [1.165, 1.54) is 0 Å². The van der Waals surface area contributed by atoms with Crippen LogP contribution in [-0.2, 0) is 4.79 Å². The number of nitrogens with zero attached hydrogens (tertiary/aromatic N) is 1. The molecule has 1 aromatic carbocycles. The van der Waals surface area contributed by atoms with Crippen LogP contribution in [0.15, 0.2) is 17.7 Å². The van der Waals surface area contributed by atoms with Crippen LogP contribution in [0, 0.1) is 14.9 Å². The molecular formula is C16H19IN2O3. The summed E-state index contributed by atoms with van der Waals surface area (Å²) in [4.78, 5) is 12.1. The van der Waals surface area contributed by atoms with Crippen molar-refractivity contribution in [2.75, 3.05) is 14.2 Å². The molecule has 0 aliphatic heterocycles. The van der Waals surface area contributed by atoms with Gasteiger partial charge in [-0.1, -0.05) is 6.92 Å². The van der Waals surface area contributed by atoms with E-state index in [2.05, 4.69) is 27.9 Å². The van der Waals surface area contributed by atoms with Gasteiger partial charge in [0.05, 0.1) is 17.8 Å². The van der Waals surface area contributed by atoms with E-state index in [1.807, 2.05) is 26.0 Å². The summed E-state index contributed by atoms with van der Waals surface area (Å²) in [6, 6.07) is 5.52. The number of carbonyl (C=O) groups is 1. The van der Waals surface area contributed by atoms with Crippen LogP contribution in [0.25, 0.3) is 6.08 Å². The zero-order valence-corrected chi connectivity index (χ0v) is 15.2. The van der Waals surface area contributed by atoms with Crippen molar-refractivity contribution < 1.29 is 14.3 Å². The summed E-state index contributed by atoms with van der Waals surface area (Å²) in [6.07, 6.45) is 2.35. The predicted molar refractivity (Wildman–Crippen MR) is 93.7 cm³/mol. The van der Waals surface area contributed by atoms with Gasteiger partial charge in [-0.15, -0.1) is 0 Å². The number of amides is 1. The molecule has 0 saturated heterocycles. The molecule has 0 bridgehead atoms. The molecule has 5 nitrogen and oxygen atoms in total. The van der Waals surface area contributed by atoms with Gasteiger partial charge in [0.1, 0.15) is 11.6 Å². The molecular weight excluding hydrogens is 395 g/mol. The predicted octanol–water partition coefficient (Wildman–Crippen LogP) is 3.13. The second-order valence-corrected chi connectivity index (χ2v) is 5.85. The minimum Gasteiger partial charge on any atom is -0.493 e. The summed E-state index contributed by atoms with van der Waals surface area (Å²) in [5.74, 6) is 0.810. The summed E-state index contributed by atoms with van der Waals surface area (Å²) in [5, 5.41) is 12.0. The molecule has 0 spiro atoms. The molecule has 22 heavy (non-hydrogen) atoms. The van der Waals surface area contributed by atoms with Crippen molar-refractivity contribution in [2.45, 2.75) is 26.3 Å². The molecule has 0 radical (unpaired) electrons. The molecule has 0 saturated carbocycles. The zero-order valence-electron chi connectivity index (χ0n) is 13.1. The van der Waals surface area contributed by atoms with Crippen LogP contribution < -0.4 is 14.8 Å². The second-order valence-electron chi connectivity index (χ2n) is 4.69. The summed E-state index contributed by atoms with van der Waals surface area (Å²) in [6.45, 7) is 3.86. The largest absolute Gasteiger partial charge is 0.493 e. The highest BCUT2D eigenvalue weighted by Crippen LogP contribution is 2.34. The molecule has 118 valence electrons. The normalized spacial score (nSPS) is 12.3. The number of benzene rings is 1. The van der Waals surface area contributed by atoms with Gasteiger partial charge < -0.3 is 14.8 Å². The SMILES string of the molecule is CC[C@H](C)NC(=O)/C(C#N)=C/c1cc(I)c(OC)c(OC)c1. The van der Waals surface area contributed by atoms with E-state index in [1.54, 1.807) is 26.4 Å². The third kappa shape index (κ3) is 4.63. The molecule has 1 aromatic rings. The van der Waals surface area contributed by atoms with Gasteiger partial charge in [-0.3, -0.25) is 4.79 Å². The maximum absolute atomic E-state index is 12.1. The summed E-state index contributed by atoms with van der Waals surface area (Å²) >= 11 is 2.12. The van der Waals surface area contributed by atoms with Crippen LogP contribution in [0.5, 0.6) is 11.5 Å². The van der Waals surface area contributed by atoms with E-state index in [9.17, 15) is 10.1 Å². The van der Waals surface area contributed by atoms with Gasteiger partial charge >= 0.3 is 0 Å². The smallest absolute Gasteiger partial charge is 0.262 e. The number of halogens is 1. The van der Waals surface area contributed by atoms with E-state index < -0.39 is 0 Å². The Morgan fingerprint density at radius 3 is 2.64 bits per heavy atom. The minimum atomic E-state index is -0.373. The van der Waals surface area contributed by atoms with Crippen molar-refractivity contribution in [2.24, 2.45) is 0 Å². The molecule has 0 aliphatic carbocycles. The topological polar surface area (TPSA) is 71.4 Å². The van der Waals surface area contributed by atoms with Crippen LogP contribution in [0.1, 0.15) is 25.8 Å². The van der Waals surface area contributed by atoms with Gasteiger partial charge in [0, 0.05) is 6.04 Å². The Kier molecular flexibility index (Phi) is 7.18.